The molecular formula is C15H23N5O3S. The summed E-state index contributed by atoms with van der Waals surface area (Å²) in [7, 11) is 2.07. The van der Waals surface area contributed by atoms with Crippen LogP contribution in [0.3, 0.4) is 0 Å². The van der Waals surface area contributed by atoms with Gasteiger partial charge in [-0.1, -0.05) is 0 Å². The highest BCUT2D eigenvalue weighted by molar-refractivity contribution is 7.89. The second kappa shape index (κ2) is 6.67. The summed E-state index contributed by atoms with van der Waals surface area (Å²) in [6.07, 6.45) is 4.96. The van der Waals surface area contributed by atoms with Crippen molar-refractivity contribution in [2.75, 3.05) is 26.7 Å². The maximum Gasteiger partial charge on any atom is 0.256 e. The van der Waals surface area contributed by atoms with Gasteiger partial charge in [0.25, 0.3) is 10.0 Å². The molecule has 0 aliphatic carbocycles. The summed E-state index contributed by atoms with van der Waals surface area (Å²) < 4.78 is 37.0. The quantitative estimate of drug-likeness (QED) is 0.825. The molecule has 3 heterocycles. The Balaban J connectivity index is 1.78. The first-order chi connectivity index (χ1) is 11.4. The topological polar surface area (TPSA) is 81.4 Å². The van der Waals surface area contributed by atoms with Crippen molar-refractivity contribution in [3.05, 3.63) is 36.5 Å². The molecule has 3 rings (SSSR count). The van der Waals surface area contributed by atoms with E-state index in [2.05, 4.69) is 14.6 Å². The highest BCUT2D eigenvalue weighted by atomic mass is 32.2. The lowest BCUT2D eigenvalue weighted by atomic mass is 10.0. The number of ether oxygens (including phenoxy) is 1. The Morgan fingerprint density at radius 3 is 2.75 bits per heavy atom. The molecule has 0 saturated carbocycles. The first kappa shape index (κ1) is 17.2. The molecule has 1 aliphatic rings. The van der Waals surface area contributed by atoms with Gasteiger partial charge in [-0.25, -0.2) is 18.1 Å². The molecule has 24 heavy (non-hydrogen) atoms. The third kappa shape index (κ3) is 3.25. The van der Waals surface area contributed by atoms with Gasteiger partial charge in [-0.2, -0.15) is 0 Å². The number of hydrogen-bond donors (Lipinski definition) is 1. The van der Waals surface area contributed by atoms with Crippen LogP contribution in [-0.2, 0) is 28.9 Å². The summed E-state index contributed by atoms with van der Waals surface area (Å²) in [5.41, 5.74) is 1.00. The van der Waals surface area contributed by atoms with E-state index >= 15 is 0 Å². The Kier molecular flexibility index (Phi) is 4.77. The molecule has 9 heteroatoms. The Labute approximate surface area is 142 Å². The van der Waals surface area contributed by atoms with Crippen LogP contribution >= 0.6 is 0 Å². The number of likely N-dealkylation sites (N-methyl/N-ethyl adjacent to an activating group) is 1. The lowest BCUT2D eigenvalue weighted by molar-refractivity contribution is -0.0614. The van der Waals surface area contributed by atoms with Gasteiger partial charge in [0.15, 0.2) is 0 Å². The highest BCUT2D eigenvalue weighted by Crippen LogP contribution is 2.27. The summed E-state index contributed by atoms with van der Waals surface area (Å²) in [6, 6.07) is 3.23. The monoisotopic (exact) mass is 353 g/mol. The first-order valence-electron chi connectivity index (χ1n) is 7.79. The van der Waals surface area contributed by atoms with E-state index in [1.54, 1.807) is 42.5 Å². The van der Waals surface area contributed by atoms with E-state index in [9.17, 15) is 8.42 Å². The van der Waals surface area contributed by atoms with Crippen molar-refractivity contribution < 1.29 is 13.2 Å². The average molecular weight is 353 g/mol. The van der Waals surface area contributed by atoms with Crippen molar-refractivity contribution in [1.82, 2.24) is 23.7 Å². The van der Waals surface area contributed by atoms with E-state index in [4.69, 9.17) is 4.74 Å². The minimum absolute atomic E-state index is 0.0534. The number of sulfonamides is 1. The van der Waals surface area contributed by atoms with E-state index in [-0.39, 0.29) is 23.7 Å². The molecule has 0 unspecified atom stereocenters. The Morgan fingerprint density at radius 1 is 1.33 bits per heavy atom. The van der Waals surface area contributed by atoms with E-state index in [0.29, 0.717) is 6.61 Å². The zero-order valence-electron chi connectivity index (χ0n) is 14.1. The van der Waals surface area contributed by atoms with Crippen LogP contribution in [0.1, 0.15) is 11.7 Å². The van der Waals surface area contributed by atoms with Crippen LogP contribution in [0, 0.1) is 0 Å². The van der Waals surface area contributed by atoms with Crippen molar-refractivity contribution in [1.29, 1.82) is 0 Å². The molecule has 0 radical (unpaired) electrons. The molecule has 2 aromatic rings. The second-order valence-electron chi connectivity index (χ2n) is 6.07. The van der Waals surface area contributed by atoms with Gasteiger partial charge in [-0.05, 0) is 19.2 Å². The molecule has 0 amide bonds. The second-order valence-corrected chi connectivity index (χ2v) is 7.79. The zero-order chi connectivity index (χ0) is 17.3. The minimum atomic E-state index is -3.57. The van der Waals surface area contributed by atoms with E-state index in [1.807, 2.05) is 18.7 Å². The molecule has 132 valence electrons. The van der Waals surface area contributed by atoms with Gasteiger partial charge in [0.1, 0.15) is 5.03 Å². The summed E-state index contributed by atoms with van der Waals surface area (Å²) >= 11 is 0. The zero-order valence-corrected chi connectivity index (χ0v) is 14.9. The van der Waals surface area contributed by atoms with Gasteiger partial charge >= 0.3 is 0 Å². The molecule has 1 saturated heterocycles. The highest BCUT2D eigenvalue weighted by Gasteiger charge is 2.34. The van der Waals surface area contributed by atoms with Crippen LogP contribution < -0.4 is 4.72 Å². The molecule has 2 atom stereocenters. The molecule has 0 bridgehead atoms. The largest absolute Gasteiger partial charge is 0.373 e. The molecule has 0 aromatic carbocycles. The fourth-order valence-corrected chi connectivity index (χ4v) is 4.32. The predicted molar refractivity (Wildman–Crippen MR) is 88.9 cm³/mol. The van der Waals surface area contributed by atoms with Gasteiger partial charge in [0.2, 0.25) is 0 Å². The van der Waals surface area contributed by atoms with Crippen molar-refractivity contribution in [2.24, 2.45) is 14.1 Å². The minimum Gasteiger partial charge on any atom is -0.373 e. The smallest absolute Gasteiger partial charge is 0.256 e. The van der Waals surface area contributed by atoms with E-state index in [0.717, 1.165) is 12.2 Å². The number of morpholine rings is 1. The summed E-state index contributed by atoms with van der Waals surface area (Å²) in [6.45, 7) is 1.56. The molecule has 1 fully saturated rings. The number of hydrogen-bond acceptors (Lipinski definition) is 5. The van der Waals surface area contributed by atoms with Crippen LogP contribution in [0.15, 0.2) is 35.9 Å². The number of imidazole rings is 1. The normalized spacial score (nSPS) is 22.8. The summed E-state index contributed by atoms with van der Waals surface area (Å²) in [5, 5.41) is 0.240. The third-order valence-corrected chi connectivity index (χ3v) is 5.93. The van der Waals surface area contributed by atoms with Crippen LogP contribution in [0.2, 0.25) is 0 Å². The van der Waals surface area contributed by atoms with Gasteiger partial charge in [0.05, 0.1) is 30.8 Å². The lowest BCUT2D eigenvalue weighted by Crippen LogP contribution is -2.48. The molecule has 8 nitrogen and oxygen atoms in total. The van der Waals surface area contributed by atoms with Crippen molar-refractivity contribution in [2.45, 2.75) is 17.2 Å². The maximum atomic E-state index is 12.5. The van der Waals surface area contributed by atoms with Gasteiger partial charge < -0.3 is 13.9 Å². The van der Waals surface area contributed by atoms with Crippen LogP contribution in [0.25, 0.3) is 0 Å². The summed E-state index contributed by atoms with van der Waals surface area (Å²) in [4.78, 5) is 6.33. The van der Waals surface area contributed by atoms with E-state index in [1.165, 1.54) is 0 Å². The fourth-order valence-electron chi connectivity index (χ4n) is 3.09. The lowest BCUT2D eigenvalue weighted by Gasteiger charge is -2.39. The first-order valence-corrected chi connectivity index (χ1v) is 9.27. The molecular weight excluding hydrogens is 330 g/mol. The van der Waals surface area contributed by atoms with E-state index < -0.39 is 10.0 Å². The maximum absolute atomic E-state index is 12.5. The number of nitrogens with one attached hydrogen (secondary N) is 1. The third-order valence-electron chi connectivity index (χ3n) is 4.41. The molecule has 1 aliphatic heterocycles. The standard InChI is InChI=1S/C15H23N5O3S/c1-18-6-4-5-14(18)24(21,22)17-10-13-15(19(2)7-8-23-13)12-9-16-11-20(12)3/h4-6,9,11,13,15,17H,7-8,10H2,1-3H3/t13-,15-/m0/s1. The van der Waals surface area contributed by atoms with Gasteiger partial charge in [-0.3, -0.25) is 4.90 Å². The SMILES string of the molecule is CN1CCO[C@@H](CNS(=O)(=O)c2cccn2C)[C@@H]1c1cncn1C. The Hall–Kier alpha value is -1.68. The van der Waals surface area contributed by atoms with Crippen molar-refractivity contribution in [3.8, 4) is 0 Å². The Morgan fingerprint density at radius 2 is 2.12 bits per heavy atom. The fraction of sp³-hybridized carbons (Fsp3) is 0.533. The van der Waals surface area contributed by atoms with Gasteiger partial charge in [-0.15, -0.1) is 0 Å². The summed E-state index contributed by atoms with van der Waals surface area (Å²) in [5.74, 6) is 0. The van der Waals surface area contributed by atoms with Crippen molar-refractivity contribution >= 4 is 10.0 Å². The van der Waals surface area contributed by atoms with Crippen LogP contribution in [-0.4, -0.2) is 60.3 Å². The van der Waals surface area contributed by atoms with Gasteiger partial charge in [0, 0.05) is 39.6 Å². The predicted octanol–water partition coefficient (Wildman–Crippen LogP) is 0.109. The Bertz CT molecular complexity index is 798. The van der Waals surface area contributed by atoms with Crippen LogP contribution in [0.4, 0.5) is 0 Å². The number of rotatable bonds is 5. The number of nitrogens with zero attached hydrogens (tertiary/aromatic N) is 4. The molecule has 0 spiro atoms. The number of aryl methyl sites for hydroxylation is 2. The van der Waals surface area contributed by atoms with Crippen LogP contribution in [0.5, 0.6) is 0 Å². The van der Waals surface area contributed by atoms with Crippen molar-refractivity contribution in [3.63, 3.8) is 0 Å². The molecule has 1 N–H and O–H groups in total. The average Bonchev–Trinajstić information content (AvgIpc) is 3.14. The molecule has 2 aromatic heterocycles. The number of aromatic nitrogens is 3.